The Morgan fingerprint density at radius 2 is 2.44 bits per heavy atom. The van der Waals surface area contributed by atoms with E-state index in [9.17, 15) is 5.11 Å². The SMILES string of the molecule is CCn1cc(C(CN)NC2CCCC2CO)cn1. The van der Waals surface area contributed by atoms with Crippen LogP contribution in [0.3, 0.4) is 0 Å². The summed E-state index contributed by atoms with van der Waals surface area (Å²) in [6.07, 6.45) is 7.36. The molecule has 1 aromatic rings. The maximum absolute atomic E-state index is 9.35. The summed E-state index contributed by atoms with van der Waals surface area (Å²) in [4.78, 5) is 0. The summed E-state index contributed by atoms with van der Waals surface area (Å²) in [7, 11) is 0. The molecule has 0 saturated heterocycles. The van der Waals surface area contributed by atoms with Gasteiger partial charge >= 0.3 is 0 Å². The monoisotopic (exact) mass is 252 g/mol. The molecule has 0 bridgehead atoms. The highest BCUT2D eigenvalue weighted by atomic mass is 16.3. The van der Waals surface area contributed by atoms with Gasteiger partial charge in [0.2, 0.25) is 0 Å². The van der Waals surface area contributed by atoms with Crippen molar-refractivity contribution in [1.29, 1.82) is 0 Å². The van der Waals surface area contributed by atoms with E-state index in [-0.39, 0.29) is 12.6 Å². The molecule has 4 N–H and O–H groups in total. The first kappa shape index (κ1) is 13.5. The third-order valence-corrected chi connectivity index (χ3v) is 3.92. The van der Waals surface area contributed by atoms with Crippen molar-refractivity contribution in [2.75, 3.05) is 13.2 Å². The molecule has 5 nitrogen and oxygen atoms in total. The normalized spacial score (nSPS) is 25.5. The number of nitrogens with two attached hydrogens (primary N) is 1. The number of aliphatic hydroxyl groups excluding tert-OH is 1. The lowest BCUT2D eigenvalue weighted by Gasteiger charge is -2.24. The maximum atomic E-state index is 9.35. The van der Waals surface area contributed by atoms with Crippen LogP contribution >= 0.6 is 0 Å². The Balaban J connectivity index is 2.00. The molecular formula is C13H24N4O. The van der Waals surface area contributed by atoms with Gasteiger partial charge in [0.05, 0.1) is 6.20 Å². The van der Waals surface area contributed by atoms with Gasteiger partial charge in [-0.25, -0.2) is 0 Å². The molecule has 0 aliphatic heterocycles. The Morgan fingerprint density at radius 1 is 1.61 bits per heavy atom. The lowest BCUT2D eigenvalue weighted by Crippen LogP contribution is -2.39. The van der Waals surface area contributed by atoms with Crippen LogP contribution in [0.5, 0.6) is 0 Å². The molecule has 1 aliphatic rings. The minimum absolute atomic E-state index is 0.141. The Bertz CT molecular complexity index is 366. The zero-order valence-electron chi connectivity index (χ0n) is 11.0. The van der Waals surface area contributed by atoms with Gasteiger partial charge < -0.3 is 16.2 Å². The van der Waals surface area contributed by atoms with Crippen LogP contribution in [0.2, 0.25) is 0 Å². The number of nitrogens with one attached hydrogen (secondary N) is 1. The molecule has 1 fully saturated rings. The van der Waals surface area contributed by atoms with Gasteiger partial charge in [0, 0.05) is 43.5 Å². The molecule has 2 rings (SSSR count). The predicted molar refractivity (Wildman–Crippen MR) is 71.0 cm³/mol. The van der Waals surface area contributed by atoms with Crippen molar-refractivity contribution >= 4 is 0 Å². The van der Waals surface area contributed by atoms with Crippen molar-refractivity contribution in [3.63, 3.8) is 0 Å². The fraction of sp³-hybridized carbons (Fsp3) is 0.769. The van der Waals surface area contributed by atoms with E-state index in [0.29, 0.717) is 18.5 Å². The third-order valence-electron chi connectivity index (χ3n) is 3.92. The second-order valence-corrected chi connectivity index (χ2v) is 5.06. The lowest BCUT2D eigenvalue weighted by atomic mass is 10.0. The summed E-state index contributed by atoms with van der Waals surface area (Å²) in [6, 6.07) is 0.524. The topological polar surface area (TPSA) is 76.1 Å². The standard InChI is InChI=1S/C13H24N4O/c1-2-17-8-11(7-15-17)13(6-14)16-12-5-3-4-10(12)9-18/h7-8,10,12-13,16,18H,2-6,9,14H2,1H3. The van der Waals surface area contributed by atoms with E-state index in [0.717, 1.165) is 24.9 Å². The fourth-order valence-electron chi connectivity index (χ4n) is 2.77. The number of hydrogen-bond acceptors (Lipinski definition) is 4. The van der Waals surface area contributed by atoms with Crippen molar-refractivity contribution in [2.45, 2.75) is 44.8 Å². The zero-order valence-corrected chi connectivity index (χ0v) is 11.0. The minimum Gasteiger partial charge on any atom is -0.396 e. The van der Waals surface area contributed by atoms with Crippen molar-refractivity contribution < 1.29 is 5.11 Å². The summed E-state index contributed by atoms with van der Waals surface area (Å²) in [5, 5.41) is 17.2. The summed E-state index contributed by atoms with van der Waals surface area (Å²) in [5.74, 6) is 0.375. The number of rotatable bonds is 6. The van der Waals surface area contributed by atoms with E-state index in [2.05, 4.69) is 17.3 Å². The molecule has 3 atom stereocenters. The second-order valence-electron chi connectivity index (χ2n) is 5.06. The summed E-state index contributed by atoms with van der Waals surface area (Å²) < 4.78 is 1.91. The smallest absolute Gasteiger partial charge is 0.0538 e. The van der Waals surface area contributed by atoms with E-state index < -0.39 is 0 Å². The first-order valence-electron chi connectivity index (χ1n) is 6.87. The Hall–Kier alpha value is -0.910. The van der Waals surface area contributed by atoms with Gasteiger partial charge in [0.15, 0.2) is 0 Å². The van der Waals surface area contributed by atoms with Gasteiger partial charge in [-0.05, 0) is 25.7 Å². The highest BCUT2D eigenvalue weighted by molar-refractivity contribution is 5.11. The van der Waals surface area contributed by atoms with Crippen LogP contribution < -0.4 is 11.1 Å². The molecule has 5 heteroatoms. The average molecular weight is 252 g/mol. The van der Waals surface area contributed by atoms with E-state index in [1.165, 1.54) is 6.42 Å². The third kappa shape index (κ3) is 2.91. The minimum atomic E-state index is 0.141. The molecular weight excluding hydrogens is 228 g/mol. The van der Waals surface area contributed by atoms with Crippen LogP contribution in [0.1, 0.15) is 37.8 Å². The molecule has 18 heavy (non-hydrogen) atoms. The molecule has 1 saturated carbocycles. The number of nitrogens with zero attached hydrogens (tertiary/aromatic N) is 2. The molecule has 3 unspecified atom stereocenters. The summed E-state index contributed by atoms with van der Waals surface area (Å²) in [5.41, 5.74) is 7.00. The van der Waals surface area contributed by atoms with Crippen LogP contribution in [0, 0.1) is 5.92 Å². The molecule has 0 radical (unpaired) electrons. The Kier molecular flexibility index (Phi) is 4.74. The molecule has 0 amide bonds. The first-order valence-corrected chi connectivity index (χ1v) is 6.87. The zero-order chi connectivity index (χ0) is 13.0. The Morgan fingerprint density at radius 3 is 3.06 bits per heavy atom. The van der Waals surface area contributed by atoms with Crippen LogP contribution in [-0.4, -0.2) is 34.1 Å². The number of aliphatic hydroxyl groups is 1. The van der Waals surface area contributed by atoms with E-state index in [1.807, 2.05) is 17.1 Å². The molecule has 0 aromatic carbocycles. The molecule has 1 heterocycles. The molecule has 1 aromatic heterocycles. The Labute approximate surface area is 108 Å². The second kappa shape index (κ2) is 6.31. The van der Waals surface area contributed by atoms with Gasteiger partial charge in [0.1, 0.15) is 0 Å². The van der Waals surface area contributed by atoms with Crippen LogP contribution in [0.15, 0.2) is 12.4 Å². The van der Waals surface area contributed by atoms with E-state index >= 15 is 0 Å². The molecule has 0 spiro atoms. The van der Waals surface area contributed by atoms with E-state index in [1.54, 1.807) is 0 Å². The maximum Gasteiger partial charge on any atom is 0.0538 e. The van der Waals surface area contributed by atoms with Crippen molar-refractivity contribution in [3.8, 4) is 0 Å². The highest BCUT2D eigenvalue weighted by Crippen LogP contribution is 2.27. The van der Waals surface area contributed by atoms with Gasteiger partial charge in [-0.3, -0.25) is 4.68 Å². The average Bonchev–Trinajstić information content (AvgIpc) is 3.04. The number of aromatic nitrogens is 2. The predicted octanol–water partition coefficient (Wildman–Crippen LogP) is 0.653. The van der Waals surface area contributed by atoms with Crippen LogP contribution in [0.4, 0.5) is 0 Å². The first-order chi connectivity index (χ1) is 8.78. The van der Waals surface area contributed by atoms with Crippen molar-refractivity contribution in [1.82, 2.24) is 15.1 Å². The van der Waals surface area contributed by atoms with Gasteiger partial charge in [0.25, 0.3) is 0 Å². The summed E-state index contributed by atoms with van der Waals surface area (Å²) >= 11 is 0. The quantitative estimate of drug-likeness (QED) is 0.695. The number of hydrogen-bond donors (Lipinski definition) is 3. The fourth-order valence-corrected chi connectivity index (χ4v) is 2.77. The highest BCUT2D eigenvalue weighted by Gasteiger charge is 2.28. The largest absolute Gasteiger partial charge is 0.396 e. The van der Waals surface area contributed by atoms with Crippen molar-refractivity contribution in [2.24, 2.45) is 11.7 Å². The van der Waals surface area contributed by atoms with Crippen LogP contribution in [-0.2, 0) is 6.54 Å². The summed E-state index contributed by atoms with van der Waals surface area (Å²) in [6.45, 7) is 3.77. The van der Waals surface area contributed by atoms with Gasteiger partial charge in [-0.1, -0.05) is 6.42 Å². The van der Waals surface area contributed by atoms with Gasteiger partial charge in [-0.2, -0.15) is 5.10 Å². The van der Waals surface area contributed by atoms with Crippen LogP contribution in [0.25, 0.3) is 0 Å². The molecule has 102 valence electrons. The van der Waals surface area contributed by atoms with E-state index in [4.69, 9.17) is 5.73 Å². The van der Waals surface area contributed by atoms with Crippen molar-refractivity contribution in [3.05, 3.63) is 18.0 Å². The van der Waals surface area contributed by atoms with Gasteiger partial charge in [-0.15, -0.1) is 0 Å². The lowest BCUT2D eigenvalue weighted by molar-refractivity contribution is 0.200. The number of aryl methyl sites for hydroxylation is 1. The molecule has 1 aliphatic carbocycles.